The van der Waals surface area contributed by atoms with Crippen LogP contribution in [0.1, 0.15) is 60.0 Å². The number of esters is 2. The third-order valence-corrected chi connectivity index (χ3v) is 8.29. The van der Waals surface area contributed by atoms with Gasteiger partial charge in [0.2, 0.25) is 0 Å². The summed E-state index contributed by atoms with van der Waals surface area (Å²) in [5.41, 5.74) is 4.27. The van der Waals surface area contributed by atoms with Crippen molar-refractivity contribution >= 4 is 17.6 Å². The van der Waals surface area contributed by atoms with Crippen molar-refractivity contribution in [2.24, 2.45) is 0 Å². The summed E-state index contributed by atoms with van der Waals surface area (Å²) in [6.45, 7) is 8.08. The third-order valence-electron chi connectivity index (χ3n) is 8.29. The predicted octanol–water partition coefficient (Wildman–Crippen LogP) is 6.49. The Morgan fingerprint density at radius 1 is 0.822 bits per heavy atom. The lowest BCUT2D eigenvalue weighted by Gasteiger charge is -2.36. The minimum Gasteiger partial charge on any atom is -0.493 e. The van der Waals surface area contributed by atoms with Crippen molar-refractivity contribution in [2.45, 2.75) is 58.0 Å². The van der Waals surface area contributed by atoms with Gasteiger partial charge in [-0.3, -0.25) is 9.69 Å². The first-order chi connectivity index (χ1) is 21.9. The number of rotatable bonds is 17. The molecule has 3 aromatic rings. The van der Waals surface area contributed by atoms with Gasteiger partial charge >= 0.3 is 11.9 Å². The lowest BCUT2D eigenvalue weighted by atomic mass is 10.0. The van der Waals surface area contributed by atoms with E-state index in [1.54, 1.807) is 24.3 Å². The number of piperazine rings is 1. The van der Waals surface area contributed by atoms with E-state index in [0.717, 1.165) is 82.6 Å². The van der Waals surface area contributed by atoms with E-state index in [4.69, 9.17) is 18.9 Å². The largest absolute Gasteiger partial charge is 0.493 e. The molecule has 0 bridgehead atoms. The summed E-state index contributed by atoms with van der Waals surface area (Å²) in [7, 11) is 2.78. The molecule has 0 aromatic heterocycles. The van der Waals surface area contributed by atoms with Crippen molar-refractivity contribution in [3.63, 3.8) is 0 Å². The minimum atomic E-state index is -0.377. The van der Waals surface area contributed by atoms with Crippen LogP contribution in [-0.4, -0.2) is 76.5 Å². The molecule has 1 unspecified atom stereocenters. The van der Waals surface area contributed by atoms with E-state index in [2.05, 4.69) is 47.1 Å². The van der Waals surface area contributed by atoms with Crippen LogP contribution in [0.2, 0.25) is 0 Å². The summed E-state index contributed by atoms with van der Waals surface area (Å²) in [5.74, 6) is 1.05. The number of nitrogens with zero attached hydrogens (tertiary/aromatic N) is 2. The predicted molar refractivity (Wildman–Crippen MR) is 177 cm³/mol. The zero-order valence-corrected chi connectivity index (χ0v) is 27.0. The number of methoxy groups -OCH3 is 2. The number of benzene rings is 3. The van der Waals surface area contributed by atoms with E-state index in [9.17, 15) is 9.59 Å². The van der Waals surface area contributed by atoms with Crippen LogP contribution < -0.4 is 14.4 Å². The fourth-order valence-corrected chi connectivity index (χ4v) is 5.68. The van der Waals surface area contributed by atoms with Crippen molar-refractivity contribution in [3.05, 3.63) is 89.5 Å². The minimum absolute atomic E-state index is 0.0573. The molecule has 0 N–H and O–H groups in total. The van der Waals surface area contributed by atoms with Gasteiger partial charge in [0.25, 0.3) is 0 Å². The zero-order valence-electron chi connectivity index (χ0n) is 27.0. The van der Waals surface area contributed by atoms with Crippen molar-refractivity contribution in [1.82, 2.24) is 4.90 Å². The van der Waals surface area contributed by atoms with Crippen LogP contribution in [0, 0.1) is 6.92 Å². The first-order valence-corrected chi connectivity index (χ1v) is 16.1. The third kappa shape index (κ3) is 11.1. The maximum Gasteiger partial charge on any atom is 0.337 e. The lowest BCUT2D eigenvalue weighted by molar-refractivity contribution is -0.140. The number of hydrogen-bond donors (Lipinski definition) is 0. The van der Waals surface area contributed by atoms with Gasteiger partial charge in [0, 0.05) is 44.8 Å². The highest BCUT2D eigenvalue weighted by Crippen LogP contribution is 2.25. The molecule has 1 heterocycles. The van der Waals surface area contributed by atoms with Crippen molar-refractivity contribution in [1.29, 1.82) is 0 Å². The fraction of sp³-hybridized carbons (Fsp3) is 0.459. The molecule has 8 heteroatoms. The second kappa shape index (κ2) is 18.1. The Morgan fingerprint density at radius 3 is 2.33 bits per heavy atom. The van der Waals surface area contributed by atoms with Crippen LogP contribution in [0.5, 0.6) is 11.5 Å². The number of carbonyl (C=O) groups excluding carboxylic acids is 2. The molecule has 0 radical (unpaired) electrons. The number of ether oxygens (including phenoxy) is 4. The van der Waals surface area contributed by atoms with Crippen LogP contribution in [0.3, 0.4) is 0 Å². The summed E-state index contributed by atoms with van der Waals surface area (Å²) in [6.07, 6.45) is 5.31. The highest BCUT2D eigenvalue weighted by Gasteiger charge is 2.18. The molecule has 8 nitrogen and oxygen atoms in total. The molecule has 4 rings (SSSR count). The van der Waals surface area contributed by atoms with Crippen LogP contribution in [-0.2, 0) is 20.7 Å². The maximum atomic E-state index is 11.8. The Kier molecular flexibility index (Phi) is 13.6. The molecule has 1 aliphatic rings. The van der Waals surface area contributed by atoms with E-state index < -0.39 is 0 Å². The highest BCUT2D eigenvalue weighted by atomic mass is 16.5. The normalized spacial score (nSPS) is 14.1. The number of carbonyl (C=O) groups is 2. The Balaban J connectivity index is 1.25. The lowest BCUT2D eigenvalue weighted by Crippen LogP contribution is -2.46. The molecular weight excluding hydrogens is 568 g/mol. The van der Waals surface area contributed by atoms with Crippen molar-refractivity contribution in [3.8, 4) is 11.5 Å². The molecule has 1 saturated heterocycles. The van der Waals surface area contributed by atoms with E-state index in [0.29, 0.717) is 24.3 Å². The first kappa shape index (κ1) is 33.8. The van der Waals surface area contributed by atoms with Gasteiger partial charge in [-0.1, -0.05) is 30.3 Å². The fourth-order valence-electron chi connectivity index (χ4n) is 5.68. The summed E-state index contributed by atoms with van der Waals surface area (Å²) in [6, 6.07) is 24.0. The molecule has 0 spiro atoms. The molecule has 242 valence electrons. The Hall–Kier alpha value is -4.04. The molecule has 0 saturated carbocycles. The number of hydrogen-bond acceptors (Lipinski definition) is 8. The van der Waals surface area contributed by atoms with E-state index in [1.807, 2.05) is 18.2 Å². The highest BCUT2D eigenvalue weighted by molar-refractivity contribution is 5.89. The number of unbranched alkanes of at least 4 members (excludes halogenated alkanes) is 1. The SMILES string of the molecule is COC(=O)CCCCC(CCc1ccccc1OCCCN1CCN(c2cccc(C)c2)CC1)Oc1ccc(C(=O)OC)cc1. The van der Waals surface area contributed by atoms with Gasteiger partial charge in [-0.05, 0) is 99.0 Å². The van der Waals surface area contributed by atoms with Crippen LogP contribution >= 0.6 is 0 Å². The summed E-state index contributed by atoms with van der Waals surface area (Å²) < 4.78 is 22.2. The summed E-state index contributed by atoms with van der Waals surface area (Å²) in [4.78, 5) is 28.4. The van der Waals surface area contributed by atoms with Crippen molar-refractivity contribution in [2.75, 3.05) is 58.5 Å². The molecular formula is C37H48N2O6. The van der Waals surface area contributed by atoms with Gasteiger partial charge in [-0.15, -0.1) is 0 Å². The van der Waals surface area contributed by atoms with E-state index in [1.165, 1.54) is 25.5 Å². The summed E-state index contributed by atoms with van der Waals surface area (Å²) >= 11 is 0. The first-order valence-electron chi connectivity index (χ1n) is 16.1. The van der Waals surface area contributed by atoms with Gasteiger partial charge in [0.1, 0.15) is 11.5 Å². The molecule has 1 atom stereocenters. The average molecular weight is 617 g/mol. The zero-order chi connectivity index (χ0) is 31.9. The maximum absolute atomic E-state index is 11.8. The Bertz CT molecular complexity index is 1340. The van der Waals surface area contributed by atoms with Gasteiger partial charge < -0.3 is 23.8 Å². The monoisotopic (exact) mass is 616 g/mol. The molecule has 1 aliphatic heterocycles. The van der Waals surface area contributed by atoms with Gasteiger partial charge in [-0.2, -0.15) is 0 Å². The smallest absolute Gasteiger partial charge is 0.337 e. The molecule has 45 heavy (non-hydrogen) atoms. The molecule has 0 amide bonds. The Morgan fingerprint density at radius 2 is 1.60 bits per heavy atom. The van der Waals surface area contributed by atoms with Crippen molar-refractivity contribution < 1.29 is 28.5 Å². The standard InChI is InChI=1S/C37H48N2O6/c1-29-10-8-12-32(28-29)39-25-23-38(24-26-39)22-9-27-44-35-14-6-4-11-30(35)16-19-33(13-5-7-15-36(40)42-2)45-34-20-17-31(18-21-34)37(41)43-3/h4,6,8,10-12,14,17-18,20-21,28,33H,5,7,9,13,15-16,19,22-27H2,1-3H3. The van der Waals surface area contributed by atoms with Gasteiger partial charge in [-0.25, -0.2) is 4.79 Å². The van der Waals surface area contributed by atoms with Gasteiger partial charge in [0.05, 0.1) is 32.5 Å². The molecule has 1 fully saturated rings. The van der Waals surface area contributed by atoms with Crippen LogP contribution in [0.15, 0.2) is 72.8 Å². The Labute approximate surface area is 268 Å². The molecule has 3 aromatic carbocycles. The average Bonchev–Trinajstić information content (AvgIpc) is 3.07. The number of aryl methyl sites for hydroxylation is 2. The second-order valence-electron chi connectivity index (χ2n) is 11.6. The number of anilines is 1. The van der Waals surface area contributed by atoms with E-state index >= 15 is 0 Å². The van der Waals surface area contributed by atoms with Crippen LogP contribution in [0.4, 0.5) is 5.69 Å². The van der Waals surface area contributed by atoms with E-state index in [-0.39, 0.29) is 18.0 Å². The van der Waals surface area contributed by atoms with Crippen LogP contribution in [0.25, 0.3) is 0 Å². The van der Waals surface area contributed by atoms with Gasteiger partial charge in [0.15, 0.2) is 0 Å². The second-order valence-corrected chi connectivity index (χ2v) is 11.6. The quantitative estimate of drug-likeness (QED) is 0.126. The summed E-state index contributed by atoms with van der Waals surface area (Å²) in [5, 5.41) is 0. The molecule has 0 aliphatic carbocycles. The topological polar surface area (TPSA) is 77.5 Å². The number of para-hydroxylation sites is 1.